The van der Waals surface area contributed by atoms with Gasteiger partial charge in [-0.15, -0.1) is 0 Å². The summed E-state index contributed by atoms with van der Waals surface area (Å²) in [5.41, 5.74) is -1.19. The molecule has 2 atom stereocenters. The molecular formula is C17H25NO6S. The highest BCUT2D eigenvalue weighted by atomic mass is 32.2. The fraction of sp³-hybridized carbons (Fsp3) is 0.588. The van der Waals surface area contributed by atoms with Crippen LogP contribution < -0.4 is 0 Å². The topological polar surface area (TPSA) is 104 Å². The number of hydrogen-bond donors (Lipinski definition) is 0. The standard InChI is InChI=1S/C17H25NO6S/c1-6-16(5,18(20)21)17(7-2,15(19)24-8-3)25(22,23)14-11-9-13(4)10-12-14/h9-12H,6-8H2,1-5H3. The molecule has 0 aliphatic rings. The van der Waals surface area contributed by atoms with Crippen LogP contribution in [0.2, 0.25) is 0 Å². The Morgan fingerprint density at radius 2 is 1.68 bits per heavy atom. The molecule has 0 aliphatic carbocycles. The van der Waals surface area contributed by atoms with E-state index in [1.807, 2.05) is 0 Å². The first kappa shape index (κ1) is 21.1. The first-order valence-electron chi connectivity index (χ1n) is 8.18. The molecule has 140 valence electrons. The molecule has 0 spiro atoms. The SMILES string of the molecule is CCOC(=O)C(CC)(C(C)(CC)[N+](=O)[O-])S(=O)(=O)c1ccc(C)cc1. The number of ether oxygens (including phenoxy) is 1. The Morgan fingerprint density at radius 1 is 1.16 bits per heavy atom. The summed E-state index contributed by atoms with van der Waals surface area (Å²) in [7, 11) is -4.38. The van der Waals surface area contributed by atoms with Crippen LogP contribution in [0.15, 0.2) is 29.2 Å². The van der Waals surface area contributed by atoms with Gasteiger partial charge in [0.25, 0.3) is 0 Å². The largest absolute Gasteiger partial charge is 0.465 e. The Morgan fingerprint density at radius 3 is 2.04 bits per heavy atom. The van der Waals surface area contributed by atoms with E-state index in [1.54, 1.807) is 19.1 Å². The molecule has 2 unspecified atom stereocenters. The van der Waals surface area contributed by atoms with Crippen LogP contribution in [-0.4, -0.2) is 36.2 Å². The second kappa shape index (κ2) is 7.51. The van der Waals surface area contributed by atoms with Crippen molar-refractivity contribution in [3.8, 4) is 0 Å². The Kier molecular flexibility index (Phi) is 6.33. The van der Waals surface area contributed by atoms with E-state index in [2.05, 4.69) is 0 Å². The lowest BCUT2D eigenvalue weighted by Gasteiger charge is -2.38. The minimum Gasteiger partial charge on any atom is -0.465 e. The number of aryl methyl sites for hydroxylation is 1. The summed E-state index contributed by atoms with van der Waals surface area (Å²) in [6.07, 6.45) is -0.412. The van der Waals surface area contributed by atoms with Crippen molar-refractivity contribution < 1.29 is 22.9 Å². The molecule has 0 saturated heterocycles. The van der Waals surface area contributed by atoms with Gasteiger partial charge in [0.15, 0.2) is 0 Å². The zero-order valence-electron chi connectivity index (χ0n) is 15.2. The summed E-state index contributed by atoms with van der Waals surface area (Å²) >= 11 is 0. The highest BCUT2D eigenvalue weighted by Gasteiger charge is 2.69. The summed E-state index contributed by atoms with van der Waals surface area (Å²) < 4.78 is 29.5. The molecule has 8 heteroatoms. The van der Waals surface area contributed by atoms with Crippen molar-refractivity contribution in [3.63, 3.8) is 0 Å². The fourth-order valence-electron chi connectivity index (χ4n) is 3.06. The first-order chi connectivity index (χ1) is 11.5. The number of nitrogens with zero attached hydrogens (tertiary/aromatic N) is 1. The van der Waals surface area contributed by atoms with E-state index in [9.17, 15) is 23.3 Å². The predicted octanol–water partition coefficient (Wildman–Crippen LogP) is 2.93. The van der Waals surface area contributed by atoms with Crippen LogP contribution in [0.25, 0.3) is 0 Å². The maximum Gasteiger partial charge on any atom is 0.335 e. The van der Waals surface area contributed by atoms with Crippen LogP contribution in [0.3, 0.4) is 0 Å². The number of benzene rings is 1. The van der Waals surface area contributed by atoms with Gasteiger partial charge in [0.05, 0.1) is 11.5 Å². The van der Waals surface area contributed by atoms with Crippen LogP contribution in [0.1, 0.15) is 46.1 Å². The first-order valence-corrected chi connectivity index (χ1v) is 9.66. The molecule has 0 heterocycles. The summed E-state index contributed by atoms with van der Waals surface area (Å²) in [6, 6.07) is 5.91. The predicted molar refractivity (Wildman–Crippen MR) is 93.7 cm³/mol. The van der Waals surface area contributed by atoms with Crippen LogP contribution >= 0.6 is 0 Å². The Balaban J connectivity index is 3.85. The lowest BCUT2D eigenvalue weighted by molar-refractivity contribution is -0.570. The minimum atomic E-state index is -4.38. The molecule has 25 heavy (non-hydrogen) atoms. The second-order valence-corrected chi connectivity index (χ2v) is 8.28. The van der Waals surface area contributed by atoms with Gasteiger partial charge >= 0.3 is 5.97 Å². The molecule has 0 fully saturated rings. The van der Waals surface area contributed by atoms with Gasteiger partial charge in [0.2, 0.25) is 20.1 Å². The minimum absolute atomic E-state index is 0.0679. The Labute approximate surface area is 148 Å². The van der Waals surface area contributed by atoms with Gasteiger partial charge < -0.3 is 4.74 Å². The van der Waals surface area contributed by atoms with Crippen molar-refractivity contribution in [1.29, 1.82) is 0 Å². The Hall–Kier alpha value is -1.96. The lowest BCUT2D eigenvalue weighted by Crippen LogP contribution is -2.65. The fourth-order valence-corrected chi connectivity index (χ4v) is 5.42. The molecule has 7 nitrogen and oxygen atoms in total. The molecule has 0 amide bonds. The molecule has 0 aromatic heterocycles. The number of nitro groups is 1. The van der Waals surface area contributed by atoms with Crippen molar-refractivity contribution in [2.75, 3.05) is 6.61 Å². The third kappa shape index (κ3) is 3.15. The summed E-state index contributed by atoms with van der Waals surface area (Å²) in [5, 5.41) is 11.8. The average molecular weight is 371 g/mol. The number of esters is 1. The number of carbonyl (C=O) groups excluding carboxylic acids is 1. The van der Waals surface area contributed by atoms with E-state index < -0.39 is 31.0 Å². The van der Waals surface area contributed by atoms with Gasteiger partial charge in [-0.25, -0.2) is 8.42 Å². The van der Waals surface area contributed by atoms with Crippen LogP contribution in [0.4, 0.5) is 0 Å². The van der Waals surface area contributed by atoms with E-state index in [-0.39, 0.29) is 24.3 Å². The van der Waals surface area contributed by atoms with Gasteiger partial charge in [-0.3, -0.25) is 14.9 Å². The third-order valence-corrected chi connectivity index (χ3v) is 7.56. The molecule has 0 N–H and O–H groups in total. The summed E-state index contributed by atoms with van der Waals surface area (Å²) in [5.74, 6) is -1.08. The van der Waals surface area contributed by atoms with E-state index in [0.717, 1.165) is 5.56 Å². The zero-order chi connectivity index (χ0) is 19.5. The third-order valence-electron chi connectivity index (χ3n) is 4.85. The van der Waals surface area contributed by atoms with Gasteiger partial charge in [-0.1, -0.05) is 31.5 Å². The van der Waals surface area contributed by atoms with E-state index >= 15 is 0 Å². The van der Waals surface area contributed by atoms with Crippen LogP contribution in [-0.2, 0) is 19.4 Å². The second-order valence-electron chi connectivity index (χ2n) is 6.10. The molecule has 0 saturated carbocycles. The molecule has 1 aromatic carbocycles. The van der Waals surface area contributed by atoms with E-state index in [0.29, 0.717) is 0 Å². The number of carbonyl (C=O) groups is 1. The van der Waals surface area contributed by atoms with Crippen molar-refractivity contribution in [1.82, 2.24) is 0 Å². The molecular weight excluding hydrogens is 346 g/mol. The van der Waals surface area contributed by atoms with Crippen molar-refractivity contribution >= 4 is 15.8 Å². The highest BCUT2D eigenvalue weighted by molar-refractivity contribution is 7.93. The van der Waals surface area contributed by atoms with Gasteiger partial charge in [0.1, 0.15) is 0 Å². The Bertz CT molecular complexity index is 743. The summed E-state index contributed by atoms with van der Waals surface area (Å²) in [6.45, 7) is 7.41. The number of rotatable bonds is 8. The van der Waals surface area contributed by atoms with Crippen LogP contribution in [0, 0.1) is 17.0 Å². The monoisotopic (exact) mass is 371 g/mol. The molecule has 0 radical (unpaired) electrons. The average Bonchev–Trinajstić information content (AvgIpc) is 2.55. The maximum absolute atomic E-state index is 13.4. The number of hydrogen-bond acceptors (Lipinski definition) is 6. The van der Waals surface area contributed by atoms with Crippen LogP contribution in [0.5, 0.6) is 0 Å². The van der Waals surface area contributed by atoms with Crippen molar-refractivity contribution in [3.05, 3.63) is 39.9 Å². The van der Waals surface area contributed by atoms with Gasteiger partial charge in [-0.05, 0) is 32.4 Å². The van der Waals surface area contributed by atoms with E-state index in [4.69, 9.17) is 4.74 Å². The quantitative estimate of drug-likeness (QED) is 0.395. The molecule has 0 aliphatic heterocycles. The molecule has 0 bridgehead atoms. The zero-order valence-corrected chi connectivity index (χ0v) is 16.1. The highest BCUT2D eigenvalue weighted by Crippen LogP contribution is 2.43. The van der Waals surface area contributed by atoms with Gasteiger partial charge in [0, 0.05) is 18.3 Å². The normalized spacial score (nSPS) is 16.5. The molecule has 1 aromatic rings. The maximum atomic E-state index is 13.4. The smallest absolute Gasteiger partial charge is 0.335 e. The number of sulfone groups is 1. The molecule has 1 rings (SSSR count). The summed E-state index contributed by atoms with van der Waals surface area (Å²) in [4.78, 5) is 23.8. The van der Waals surface area contributed by atoms with Crippen molar-refractivity contribution in [2.45, 2.75) is 62.6 Å². The lowest BCUT2D eigenvalue weighted by atomic mass is 9.81. The van der Waals surface area contributed by atoms with Gasteiger partial charge in [-0.2, -0.15) is 0 Å². The van der Waals surface area contributed by atoms with Crippen molar-refractivity contribution in [2.24, 2.45) is 0 Å². The van der Waals surface area contributed by atoms with E-state index in [1.165, 1.54) is 39.8 Å².